The van der Waals surface area contributed by atoms with Gasteiger partial charge in [-0.05, 0) is 24.1 Å². The summed E-state index contributed by atoms with van der Waals surface area (Å²) in [5.74, 6) is 0.394. The Labute approximate surface area is 145 Å². The van der Waals surface area contributed by atoms with Crippen molar-refractivity contribution >= 4 is 22.8 Å². The quantitative estimate of drug-likeness (QED) is 0.771. The van der Waals surface area contributed by atoms with Crippen molar-refractivity contribution in [3.63, 3.8) is 0 Å². The van der Waals surface area contributed by atoms with Crippen molar-refractivity contribution < 1.29 is 14.0 Å². The average Bonchev–Trinajstić information content (AvgIpc) is 3.26. The third-order valence-corrected chi connectivity index (χ3v) is 4.46. The second kappa shape index (κ2) is 6.43. The van der Waals surface area contributed by atoms with Gasteiger partial charge in [0, 0.05) is 11.8 Å². The molecule has 25 heavy (non-hydrogen) atoms. The van der Waals surface area contributed by atoms with Crippen LogP contribution in [0.5, 0.6) is 0 Å². The normalized spacial score (nSPS) is 18.1. The fourth-order valence-electron chi connectivity index (χ4n) is 3.16. The molecule has 1 fully saturated rings. The lowest BCUT2D eigenvalue weighted by Gasteiger charge is -2.19. The molecule has 5 heteroatoms. The zero-order chi connectivity index (χ0) is 17.2. The Bertz CT molecular complexity index is 884. The van der Waals surface area contributed by atoms with Crippen LogP contribution >= 0.6 is 0 Å². The minimum atomic E-state index is -0.483. The van der Waals surface area contributed by atoms with E-state index in [1.165, 1.54) is 0 Å². The molecular formula is C20H18N2O3. The van der Waals surface area contributed by atoms with Gasteiger partial charge in [0.1, 0.15) is 23.4 Å². The molecule has 1 saturated heterocycles. The van der Waals surface area contributed by atoms with Gasteiger partial charge in [-0.3, -0.25) is 9.59 Å². The Morgan fingerprint density at radius 1 is 1.12 bits per heavy atom. The molecule has 2 heterocycles. The highest BCUT2D eigenvalue weighted by molar-refractivity contribution is 5.91. The van der Waals surface area contributed by atoms with Gasteiger partial charge in [0.25, 0.3) is 0 Å². The van der Waals surface area contributed by atoms with Crippen LogP contribution in [0.25, 0.3) is 11.0 Å². The molecule has 5 nitrogen and oxygen atoms in total. The first kappa shape index (κ1) is 15.4. The predicted octanol–water partition coefficient (Wildman–Crippen LogP) is 2.92. The molecule has 0 bridgehead atoms. The molecule has 2 aromatic carbocycles. The topological polar surface area (TPSA) is 71.3 Å². The molecule has 0 spiro atoms. The number of fused-ring (bicyclic) bond motifs is 1. The van der Waals surface area contributed by atoms with Crippen molar-refractivity contribution in [2.45, 2.75) is 24.9 Å². The minimum Gasteiger partial charge on any atom is -0.459 e. The van der Waals surface area contributed by atoms with Crippen molar-refractivity contribution in [2.75, 3.05) is 0 Å². The first-order chi connectivity index (χ1) is 12.2. The third kappa shape index (κ3) is 3.13. The summed E-state index contributed by atoms with van der Waals surface area (Å²) in [5.41, 5.74) is 1.71. The van der Waals surface area contributed by atoms with Crippen molar-refractivity contribution in [3.8, 4) is 0 Å². The molecule has 1 aromatic heterocycles. The number of benzene rings is 2. The van der Waals surface area contributed by atoms with Crippen LogP contribution in [0.2, 0.25) is 0 Å². The Hall–Kier alpha value is -3.08. The van der Waals surface area contributed by atoms with Crippen LogP contribution in [-0.4, -0.2) is 17.9 Å². The summed E-state index contributed by atoms with van der Waals surface area (Å²) in [6.45, 7) is 0. The predicted molar refractivity (Wildman–Crippen MR) is 93.8 cm³/mol. The molecule has 0 radical (unpaired) electrons. The van der Waals surface area contributed by atoms with E-state index >= 15 is 0 Å². The summed E-state index contributed by atoms with van der Waals surface area (Å²) in [6.07, 6.45) is 0.908. The number of furan rings is 1. The molecule has 0 unspecified atom stereocenters. The third-order valence-electron chi connectivity index (χ3n) is 4.46. The number of carbonyl (C=O) groups is 2. The lowest BCUT2D eigenvalue weighted by atomic mass is 10.0. The van der Waals surface area contributed by atoms with E-state index in [0.717, 1.165) is 16.5 Å². The molecule has 0 aliphatic carbocycles. The van der Waals surface area contributed by atoms with Crippen molar-refractivity contribution in [1.29, 1.82) is 0 Å². The van der Waals surface area contributed by atoms with Crippen LogP contribution in [0.3, 0.4) is 0 Å². The molecule has 126 valence electrons. The summed E-state index contributed by atoms with van der Waals surface area (Å²) in [4.78, 5) is 24.0. The summed E-state index contributed by atoms with van der Waals surface area (Å²) >= 11 is 0. The fourth-order valence-corrected chi connectivity index (χ4v) is 3.16. The molecule has 1 aliphatic rings. The highest BCUT2D eigenvalue weighted by atomic mass is 16.3. The van der Waals surface area contributed by atoms with Gasteiger partial charge in [-0.25, -0.2) is 0 Å². The van der Waals surface area contributed by atoms with Crippen LogP contribution in [0.15, 0.2) is 65.1 Å². The van der Waals surface area contributed by atoms with E-state index in [-0.39, 0.29) is 11.8 Å². The lowest BCUT2D eigenvalue weighted by molar-refractivity contribution is -0.126. The largest absolute Gasteiger partial charge is 0.459 e. The smallest absolute Gasteiger partial charge is 0.243 e. The first-order valence-corrected chi connectivity index (χ1v) is 8.34. The van der Waals surface area contributed by atoms with Crippen LogP contribution in [0.1, 0.15) is 30.2 Å². The van der Waals surface area contributed by atoms with Crippen LogP contribution in [0, 0.1) is 0 Å². The Morgan fingerprint density at radius 2 is 1.88 bits per heavy atom. The lowest BCUT2D eigenvalue weighted by Crippen LogP contribution is -2.43. The molecule has 0 saturated carbocycles. The van der Waals surface area contributed by atoms with Crippen LogP contribution in [-0.2, 0) is 9.59 Å². The first-order valence-electron chi connectivity index (χ1n) is 8.34. The van der Waals surface area contributed by atoms with E-state index in [9.17, 15) is 9.59 Å². The van der Waals surface area contributed by atoms with E-state index in [2.05, 4.69) is 10.6 Å². The molecular weight excluding hydrogens is 316 g/mol. The van der Waals surface area contributed by atoms with Gasteiger partial charge in [-0.2, -0.15) is 0 Å². The fraction of sp³-hybridized carbons (Fsp3) is 0.200. The highest BCUT2D eigenvalue weighted by Crippen LogP contribution is 2.28. The maximum absolute atomic E-state index is 12.6. The van der Waals surface area contributed by atoms with Crippen molar-refractivity contribution in [1.82, 2.24) is 10.6 Å². The monoisotopic (exact) mass is 334 g/mol. The summed E-state index contributed by atoms with van der Waals surface area (Å²) in [5, 5.41) is 6.72. The number of carbonyl (C=O) groups excluding carboxylic acids is 2. The number of rotatable bonds is 4. The van der Waals surface area contributed by atoms with Gasteiger partial charge in [-0.15, -0.1) is 0 Å². The molecule has 3 aromatic rings. The van der Waals surface area contributed by atoms with Crippen molar-refractivity contribution in [2.24, 2.45) is 0 Å². The van der Waals surface area contributed by atoms with Gasteiger partial charge in [0.15, 0.2) is 0 Å². The van der Waals surface area contributed by atoms with Gasteiger partial charge < -0.3 is 15.1 Å². The Kier molecular flexibility index (Phi) is 3.98. The summed E-state index contributed by atoms with van der Waals surface area (Å²) in [7, 11) is 0. The number of amides is 2. The van der Waals surface area contributed by atoms with Crippen LogP contribution in [0.4, 0.5) is 0 Å². The molecule has 1 aliphatic heterocycles. The summed E-state index contributed by atoms with van der Waals surface area (Å²) < 4.78 is 5.97. The number of hydrogen-bond acceptors (Lipinski definition) is 3. The SMILES string of the molecule is O=C1CC[C@@H](C(=O)N[C@H](c2ccccc2)c2cc3ccccc3o2)N1. The highest BCUT2D eigenvalue weighted by Gasteiger charge is 2.30. The van der Waals surface area contributed by atoms with Crippen LogP contribution < -0.4 is 10.6 Å². The van der Waals surface area contributed by atoms with Gasteiger partial charge in [0.2, 0.25) is 11.8 Å². The van der Waals surface area contributed by atoms with Gasteiger partial charge in [-0.1, -0.05) is 48.5 Å². The summed E-state index contributed by atoms with van der Waals surface area (Å²) in [6, 6.07) is 18.5. The zero-order valence-electron chi connectivity index (χ0n) is 13.6. The second-order valence-corrected chi connectivity index (χ2v) is 6.20. The number of nitrogens with one attached hydrogen (secondary N) is 2. The maximum Gasteiger partial charge on any atom is 0.243 e. The van der Waals surface area contributed by atoms with E-state index in [1.54, 1.807) is 0 Å². The van der Waals surface area contributed by atoms with E-state index in [4.69, 9.17) is 4.42 Å². The standard InChI is InChI=1S/C20H18N2O3/c23-18-11-10-15(21-18)20(24)22-19(13-6-2-1-3-7-13)17-12-14-8-4-5-9-16(14)25-17/h1-9,12,15,19H,10-11H2,(H,21,23)(H,22,24)/t15-,19+/m0/s1. The van der Waals surface area contributed by atoms with Gasteiger partial charge >= 0.3 is 0 Å². The Balaban J connectivity index is 1.67. The van der Waals surface area contributed by atoms with E-state index in [1.807, 2.05) is 60.7 Å². The molecule has 4 rings (SSSR count). The number of hydrogen-bond donors (Lipinski definition) is 2. The zero-order valence-corrected chi connectivity index (χ0v) is 13.6. The average molecular weight is 334 g/mol. The number of para-hydroxylation sites is 1. The molecule has 2 atom stereocenters. The Morgan fingerprint density at radius 3 is 2.60 bits per heavy atom. The van der Waals surface area contributed by atoms with Crippen molar-refractivity contribution in [3.05, 3.63) is 72.0 Å². The minimum absolute atomic E-state index is 0.0832. The molecule has 2 amide bonds. The molecule has 2 N–H and O–H groups in total. The van der Waals surface area contributed by atoms with E-state index < -0.39 is 12.1 Å². The van der Waals surface area contributed by atoms with E-state index in [0.29, 0.717) is 18.6 Å². The van der Waals surface area contributed by atoms with Gasteiger partial charge in [0.05, 0.1) is 0 Å². The second-order valence-electron chi connectivity index (χ2n) is 6.20. The maximum atomic E-state index is 12.6.